The number of halogens is 2. The number of hydrogen-bond acceptors (Lipinski definition) is 3. The van der Waals surface area contributed by atoms with Crippen LogP contribution < -0.4 is 4.74 Å². The fourth-order valence-electron chi connectivity index (χ4n) is 1.73. The van der Waals surface area contributed by atoms with E-state index in [0.717, 1.165) is 6.07 Å². The van der Waals surface area contributed by atoms with E-state index in [1.54, 1.807) is 12.2 Å². The van der Waals surface area contributed by atoms with Gasteiger partial charge in [0.05, 0.1) is 11.6 Å². The van der Waals surface area contributed by atoms with Crippen LogP contribution in [0, 0.1) is 5.82 Å². The summed E-state index contributed by atoms with van der Waals surface area (Å²) in [7, 11) is 1.25. The van der Waals surface area contributed by atoms with Gasteiger partial charge in [-0.05, 0) is 41.9 Å². The molecular weight excluding hydrogens is 303 g/mol. The Morgan fingerprint density at radius 1 is 1.50 bits per heavy atom. The number of methoxy groups -OCH3 is 1. The number of carbonyl (C=O) groups excluding carboxylic acids is 1. The van der Waals surface area contributed by atoms with Crippen LogP contribution in [0.25, 0.3) is 6.08 Å². The second-order valence-corrected chi connectivity index (χ2v) is 5.29. The molecule has 0 bridgehead atoms. The minimum Gasteiger partial charge on any atom is -0.482 e. The van der Waals surface area contributed by atoms with Crippen molar-refractivity contribution in [3.63, 3.8) is 0 Å². The van der Waals surface area contributed by atoms with E-state index in [9.17, 15) is 9.18 Å². The van der Waals surface area contributed by atoms with Crippen LogP contribution in [0.15, 0.2) is 16.6 Å². The summed E-state index contributed by atoms with van der Waals surface area (Å²) in [4.78, 5) is 11.7. The molecule has 0 N–H and O–H groups in total. The van der Waals surface area contributed by atoms with Crippen LogP contribution in [0.5, 0.6) is 5.75 Å². The first-order valence-electron chi connectivity index (χ1n) is 5.34. The van der Waals surface area contributed by atoms with E-state index in [-0.39, 0.29) is 10.0 Å². The molecule has 18 heavy (non-hydrogen) atoms. The average molecular weight is 315 g/mol. The van der Waals surface area contributed by atoms with Gasteiger partial charge in [0.2, 0.25) is 0 Å². The SMILES string of the molecule is COC(=O)c1cc(F)c(Br)c2c1OC(C)(C)C=C2. The molecule has 0 unspecified atom stereocenters. The lowest BCUT2D eigenvalue weighted by Crippen LogP contribution is -2.29. The second-order valence-electron chi connectivity index (χ2n) is 4.49. The molecule has 96 valence electrons. The first-order valence-corrected chi connectivity index (χ1v) is 6.13. The summed E-state index contributed by atoms with van der Waals surface area (Å²) < 4.78 is 24.4. The largest absolute Gasteiger partial charge is 0.482 e. The van der Waals surface area contributed by atoms with Gasteiger partial charge in [0.15, 0.2) is 0 Å². The molecular formula is C13H12BrFO3. The van der Waals surface area contributed by atoms with Crippen LogP contribution in [0.1, 0.15) is 29.8 Å². The van der Waals surface area contributed by atoms with E-state index in [1.165, 1.54) is 7.11 Å². The highest BCUT2D eigenvalue weighted by Crippen LogP contribution is 2.40. The molecule has 0 aromatic heterocycles. The topological polar surface area (TPSA) is 35.5 Å². The zero-order chi connectivity index (χ0) is 13.5. The molecule has 2 rings (SSSR count). The fraction of sp³-hybridized carbons (Fsp3) is 0.308. The molecule has 0 radical (unpaired) electrons. The first-order chi connectivity index (χ1) is 8.35. The van der Waals surface area contributed by atoms with E-state index in [4.69, 9.17) is 4.74 Å². The smallest absolute Gasteiger partial charge is 0.341 e. The zero-order valence-corrected chi connectivity index (χ0v) is 11.8. The second kappa shape index (κ2) is 4.39. The lowest BCUT2D eigenvalue weighted by atomic mass is 9.99. The molecule has 0 aliphatic carbocycles. The van der Waals surface area contributed by atoms with Gasteiger partial charge in [-0.2, -0.15) is 0 Å². The fourth-order valence-corrected chi connectivity index (χ4v) is 2.16. The average Bonchev–Trinajstić information content (AvgIpc) is 2.31. The number of fused-ring (bicyclic) bond motifs is 1. The predicted octanol–water partition coefficient (Wildman–Crippen LogP) is 3.56. The molecule has 1 aromatic rings. The summed E-state index contributed by atoms with van der Waals surface area (Å²) in [5.74, 6) is -0.812. The number of esters is 1. The van der Waals surface area contributed by atoms with Crippen molar-refractivity contribution >= 4 is 28.0 Å². The highest BCUT2D eigenvalue weighted by Gasteiger charge is 2.29. The summed E-state index contributed by atoms with van der Waals surface area (Å²) in [6, 6.07) is 1.12. The minimum atomic E-state index is -0.622. The molecule has 3 nitrogen and oxygen atoms in total. The maximum atomic E-state index is 13.7. The van der Waals surface area contributed by atoms with E-state index in [1.807, 2.05) is 13.8 Å². The Morgan fingerprint density at radius 2 is 2.17 bits per heavy atom. The van der Waals surface area contributed by atoms with Crippen molar-refractivity contribution in [2.75, 3.05) is 7.11 Å². The third-order valence-electron chi connectivity index (χ3n) is 2.63. The number of ether oxygens (including phenoxy) is 2. The van der Waals surface area contributed by atoms with Gasteiger partial charge < -0.3 is 9.47 Å². The van der Waals surface area contributed by atoms with Crippen molar-refractivity contribution in [2.45, 2.75) is 19.4 Å². The quantitative estimate of drug-likeness (QED) is 0.743. The third kappa shape index (κ3) is 2.14. The molecule has 0 amide bonds. The number of benzene rings is 1. The van der Waals surface area contributed by atoms with Crippen LogP contribution in [-0.2, 0) is 4.74 Å². The summed E-state index contributed by atoms with van der Waals surface area (Å²) in [6.45, 7) is 3.70. The predicted molar refractivity (Wildman–Crippen MR) is 69.2 cm³/mol. The monoisotopic (exact) mass is 314 g/mol. The number of carbonyl (C=O) groups is 1. The van der Waals surface area contributed by atoms with Crippen LogP contribution in [0.4, 0.5) is 4.39 Å². The molecule has 0 saturated heterocycles. The summed E-state index contributed by atoms with van der Waals surface area (Å²) >= 11 is 3.15. The van der Waals surface area contributed by atoms with Crippen molar-refractivity contribution in [3.05, 3.63) is 33.6 Å². The highest BCUT2D eigenvalue weighted by atomic mass is 79.9. The number of hydrogen-bond donors (Lipinski definition) is 0. The molecule has 1 aliphatic rings. The van der Waals surface area contributed by atoms with Gasteiger partial charge in [-0.25, -0.2) is 9.18 Å². The molecule has 0 fully saturated rings. The van der Waals surface area contributed by atoms with Crippen LogP contribution in [-0.4, -0.2) is 18.7 Å². The molecule has 5 heteroatoms. The highest BCUT2D eigenvalue weighted by molar-refractivity contribution is 9.10. The molecule has 1 aromatic carbocycles. The Hall–Kier alpha value is -1.36. The molecule has 0 atom stereocenters. The Bertz CT molecular complexity index is 550. The van der Waals surface area contributed by atoms with Gasteiger partial charge in [-0.3, -0.25) is 0 Å². The van der Waals surface area contributed by atoms with Crippen LogP contribution >= 0.6 is 15.9 Å². The standard InChI is InChI=1S/C13H12BrFO3/c1-13(2)5-4-7-10(14)9(15)6-8(11(7)18-13)12(16)17-3/h4-6H,1-3H3. The lowest BCUT2D eigenvalue weighted by molar-refractivity contribution is 0.0588. The normalized spacial score (nSPS) is 15.8. The van der Waals surface area contributed by atoms with Gasteiger partial charge in [0.1, 0.15) is 22.7 Å². The van der Waals surface area contributed by atoms with Crippen molar-refractivity contribution in [1.29, 1.82) is 0 Å². The summed E-state index contributed by atoms with van der Waals surface area (Å²) in [5.41, 5.74) is 0.0490. The van der Waals surface area contributed by atoms with E-state index in [0.29, 0.717) is 11.3 Å². The van der Waals surface area contributed by atoms with Gasteiger partial charge in [-0.1, -0.05) is 6.08 Å². The van der Waals surface area contributed by atoms with Crippen molar-refractivity contribution < 1.29 is 18.7 Å². The third-order valence-corrected chi connectivity index (χ3v) is 3.43. The summed E-state index contributed by atoms with van der Waals surface area (Å²) in [5, 5.41) is 0. The Morgan fingerprint density at radius 3 is 2.78 bits per heavy atom. The minimum absolute atomic E-state index is 0.0885. The first kappa shape index (κ1) is 13.1. The molecule has 0 saturated carbocycles. The van der Waals surface area contributed by atoms with Gasteiger partial charge in [0.25, 0.3) is 0 Å². The zero-order valence-electron chi connectivity index (χ0n) is 10.2. The summed E-state index contributed by atoms with van der Waals surface area (Å²) in [6.07, 6.45) is 3.54. The maximum absolute atomic E-state index is 13.7. The van der Waals surface area contributed by atoms with Crippen molar-refractivity contribution in [3.8, 4) is 5.75 Å². The van der Waals surface area contributed by atoms with E-state index < -0.39 is 17.4 Å². The van der Waals surface area contributed by atoms with Crippen LogP contribution in [0.2, 0.25) is 0 Å². The molecule has 1 aliphatic heterocycles. The van der Waals surface area contributed by atoms with Gasteiger partial charge in [-0.15, -0.1) is 0 Å². The van der Waals surface area contributed by atoms with E-state index >= 15 is 0 Å². The van der Waals surface area contributed by atoms with Crippen LogP contribution in [0.3, 0.4) is 0 Å². The Balaban J connectivity index is 2.69. The molecule has 0 spiro atoms. The Labute approximate surface area is 113 Å². The number of rotatable bonds is 1. The lowest BCUT2D eigenvalue weighted by Gasteiger charge is -2.29. The van der Waals surface area contributed by atoms with Crippen molar-refractivity contribution in [1.82, 2.24) is 0 Å². The van der Waals surface area contributed by atoms with Crippen molar-refractivity contribution in [2.24, 2.45) is 0 Å². The maximum Gasteiger partial charge on any atom is 0.341 e. The van der Waals surface area contributed by atoms with Gasteiger partial charge in [0, 0.05) is 5.56 Å². The molecule has 1 heterocycles. The van der Waals surface area contributed by atoms with Gasteiger partial charge >= 0.3 is 5.97 Å². The van der Waals surface area contributed by atoms with E-state index in [2.05, 4.69) is 20.7 Å². The Kier molecular flexibility index (Phi) is 3.19.